The summed E-state index contributed by atoms with van der Waals surface area (Å²) < 4.78 is 10.4. The standard InChI is InChI=1S/C20H28N2O4S/c1-11(2)9-10-21-17(23)16-20(3,4)27-19-12-7-8-13(25-5)15(26-6)14(12)18(24)22(16)19/h7-8,11,16,19H,9-10H2,1-6H3,(H,21,23)/t16-,19+/m1/s1. The van der Waals surface area contributed by atoms with E-state index in [1.807, 2.05) is 26.0 Å². The van der Waals surface area contributed by atoms with Crippen LogP contribution in [0.4, 0.5) is 0 Å². The first-order valence-electron chi connectivity index (χ1n) is 9.26. The molecule has 7 heteroatoms. The highest BCUT2D eigenvalue weighted by Crippen LogP contribution is 2.58. The van der Waals surface area contributed by atoms with Gasteiger partial charge in [0.2, 0.25) is 5.91 Å². The molecular formula is C20H28N2O4S. The van der Waals surface area contributed by atoms with E-state index in [-0.39, 0.29) is 21.9 Å². The van der Waals surface area contributed by atoms with Gasteiger partial charge in [-0.1, -0.05) is 19.9 Å². The van der Waals surface area contributed by atoms with Crippen molar-refractivity contribution in [3.63, 3.8) is 0 Å². The Hall–Kier alpha value is -1.89. The van der Waals surface area contributed by atoms with E-state index < -0.39 is 6.04 Å². The maximum atomic E-state index is 13.3. The van der Waals surface area contributed by atoms with E-state index in [4.69, 9.17) is 9.47 Å². The van der Waals surface area contributed by atoms with Crippen LogP contribution in [0.25, 0.3) is 0 Å². The highest BCUT2D eigenvalue weighted by molar-refractivity contribution is 8.01. The molecule has 0 spiro atoms. The van der Waals surface area contributed by atoms with E-state index in [1.165, 1.54) is 7.11 Å². The van der Waals surface area contributed by atoms with E-state index in [1.54, 1.807) is 23.8 Å². The third-order valence-corrected chi connectivity index (χ3v) is 6.70. The molecule has 2 heterocycles. The summed E-state index contributed by atoms with van der Waals surface area (Å²) in [6.07, 6.45) is 0.911. The summed E-state index contributed by atoms with van der Waals surface area (Å²) in [5.41, 5.74) is 1.39. The summed E-state index contributed by atoms with van der Waals surface area (Å²) in [4.78, 5) is 28.0. The maximum Gasteiger partial charge on any atom is 0.260 e. The van der Waals surface area contributed by atoms with Gasteiger partial charge in [0, 0.05) is 16.9 Å². The summed E-state index contributed by atoms with van der Waals surface area (Å²) in [5.74, 6) is 1.20. The summed E-state index contributed by atoms with van der Waals surface area (Å²) in [6.45, 7) is 8.91. The number of rotatable bonds is 6. The average Bonchev–Trinajstić information content (AvgIpc) is 3.03. The monoisotopic (exact) mass is 392 g/mol. The molecular weight excluding hydrogens is 364 g/mol. The van der Waals surface area contributed by atoms with Gasteiger partial charge in [0.05, 0.1) is 19.8 Å². The summed E-state index contributed by atoms with van der Waals surface area (Å²) in [6, 6.07) is 3.19. The lowest BCUT2D eigenvalue weighted by Crippen LogP contribution is -2.52. The maximum absolute atomic E-state index is 13.3. The zero-order chi connectivity index (χ0) is 19.9. The minimum absolute atomic E-state index is 0.0947. The van der Waals surface area contributed by atoms with Crippen molar-refractivity contribution in [1.29, 1.82) is 0 Å². The molecule has 1 aromatic carbocycles. The zero-order valence-electron chi connectivity index (χ0n) is 16.8. The van der Waals surface area contributed by atoms with Gasteiger partial charge >= 0.3 is 0 Å². The number of benzene rings is 1. The van der Waals surface area contributed by atoms with Crippen LogP contribution >= 0.6 is 11.8 Å². The van der Waals surface area contributed by atoms with Crippen LogP contribution < -0.4 is 14.8 Å². The molecule has 0 aliphatic carbocycles. The van der Waals surface area contributed by atoms with Crippen LogP contribution in [-0.2, 0) is 4.79 Å². The number of amides is 2. The molecule has 2 aliphatic rings. The fourth-order valence-electron chi connectivity index (χ4n) is 3.84. The van der Waals surface area contributed by atoms with Gasteiger partial charge in [0.15, 0.2) is 11.5 Å². The van der Waals surface area contributed by atoms with E-state index in [9.17, 15) is 9.59 Å². The molecule has 2 aliphatic heterocycles. The van der Waals surface area contributed by atoms with Gasteiger partial charge in [0.25, 0.3) is 5.91 Å². The van der Waals surface area contributed by atoms with Gasteiger partial charge in [0.1, 0.15) is 11.4 Å². The molecule has 6 nitrogen and oxygen atoms in total. The number of nitrogens with one attached hydrogen (secondary N) is 1. The quantitative estimate of drug-likeness (QED) is 0.805. The molecule has 0 unspecified atom stereocenters. The van der Waals surface area contributed by atoms with Crippen molar-refractivity contribution in [3.8, 4) is 11.5 Å². The van der Waals surface area contributed by atoms with Crippen LogP contribution in [0.5, 0.6) is 11.5 Å². The number of hydrogen-bond donors (Lipinski definition) is 1. The molecule has 0 bridgehead atoms. The smallest absolute Gasteiger partial charge is 0.260 e. The van der Waals surface area contributed by atoms with Gasteiger partial charge < -0.3 is 19.7 Å². The Bertz CT molecular complexity index is 763. The van der Waals surface area contributed by atoms with Crippen molar-refractivity contribution < 1.29 is 19.1 Å². The first kappa shape index (κ1) is 19.9. The van der Waals surface area contributed by atoms with Crippen LogP contribution in [0, 0.1) is 5.92 Å². The van der Waals surface area contributed by atoms with E-state index >= 15 is 0 Å². The SMILES string of the molecule is COc1ccc2c(c1OC)C(=O)N1[C@H]2SC(C)(C)[C@H]1C(=O)NCCC(C)C. The van der Waals surface area contributed by atoms with Gasteiger partial charge in [-0.25, -0.2) is 0 Å². The Morgan fingerprint density at radius 1 is 1.30 bits per heavy atom. The Morgan fingerprint density at radius 3 is 2.59 bits per heavy atom. The number of nitrogens with zero attached hydrogens (tertiary/aromatic N) is 1. The Balaban J connectivity index is 1.94. The van der Waals surface area contributed by atoms with Gasteiger partial charge in [-0.2, -0.15) is 0 Å². The van der Waals surface area contributed by atoms with Crippen molar-refractivity contribution in [2.75, 3.05) is 20.8 Å². The number of methoxy groups -OCH3 is 2. The van der Waals surface area contributed by atoms with E-state index in [0.717, 1.165) is 12.0 Å². The number of hydrogen-bond acceptors (Lipinski definition) is 5. The molecule has 27 heavy (non-hydrogen) atoms. The topological polar surface area (TPSA) is 67.9 Å². The summed E-state index contributed by atoms with van der Waals surface area (Å²) in [7, 11) is 3.08. The lowest BCUT2D eigenvalue weighted by Gasteiger charge is -2.29. The Morgan fingerprint density at radius 2 is 2.00 bits per heavy atom. The number of ether oxygens (including phenoxy) is 2. The molecule has 3 rings (SSSR count). The number of carbonyl (C=O) groups excluding carboxylic acids is 2. The number of fused-ring (bicyclic) bond motifs is 3. The number of thioether (sulfide) groups is 1. The zero-order valence-corrected chi connectivity index (χ0v) is 17.6. The predicted molar refractivity (Wildman–Crippen MR) is 106 cm³/mol. The second kappa shape index (κ2) is 7.26. The third kappa shape index (κ3) is 3.26. The van der Waals surface area contributed by atoms with Crippen LogP contribution in [-0.4, -0.2) is 48.3 Å². The van der Waals surface area contributed by atoms with Crippen molar-refractivity contribution in [3.05, 3.63) is 23.3 Å². The first-order valence-corrected chi connectivity index (χ1v) is 10.1. The summed E-state index contributed by atoms with van der Waals surface area (Å²) >= 11 is 1.64. The predicted octanol–water partition coefficient (Wildman–Crippen LogP) is 3.21. The average molecular weight is 393 g/mol. The highest BCUT2D eigenvalue weighted by atomic mass is 32.2. The summed E-state index contributed by atoms with van der Waals surface area (Å²) in [5, 5.41) is 2.83. The lowest BCUT2D eigenvalue weighted by atomic mass is 10.0. The van der Waals surface area contributed by atoms with Crippen LogP contribution in [0.1, 0.15) is 55.4 Å². The molecule has 0 saturated carbocycles. The van der Waals surface area contributed by atoms with Crippen molar-refractivity contribution in [2.24, 2.45) is 5.92 Å². The van der Waals surface area contributed by atoms with Crippen LogP contribution in [0.2, 0.25) is 0 Å². The van der Waals surface area contributed by atoms with Crippen molar-refractivity contribution in [1.82, 2.24) is 10.2 Å². The fraction of sp³-hybridized carbons (Fsp3) is 0.600. The van der Waals surface area contributed by atoms with Crippen LogP contribution in [0.3, 0.4) is 0 Å². The van der Waals surface area contributed by atoms with Gasteiger partial charge in [-0.15, -0.1) is 11.8 Å². The molecule has 2 atom stereocenters. The third-order valence-electron chi connectivity index (χ3n) is 5.17. The lowest BCUT2D eigenvalue weighted by molar-refractivity contribution is -0.126. The minimum atomic E-state index is -0.532. The molecule has 1 saturated heterocycles. The normalized spacial score (nSPS) is 22.6. The molecule has 2 amide bonds. The molecule has 1 fully saturated rings. The van der Waals surface area contributed by atoms with Gasteiger partial charge in [-0.05, 0) is 32.3 Å². The molecule has 0 aromatic heterocycles. The van der Waals surface area contributed by atoms with Crippen molar-refractivity contribution in [2.45, 2.75) is 50.3 Å². The highest BCUT2D eigenvalue weighted by Gasteiger charge is 2.58. The second-order valence-corrected chi connectivity index (χ2v) is 9.66. The second-order valence-electron chi connectivity index (χ2n) is 7.93. The molecule has 1 aromatic rings. The van der Waals surface area contributed by atoms with Crippen LogP contribution in [0.15, 0.2) is 12.1 Å². The van der Waals surface area contributed by atoms with E-state index in [2.05, 4.69) is 19.2 Å². The molecule has 0 radical (unpaired) electrons. The van der Waals surface area contributed by atoms with Gasteiger partial charge in [-0.3, -0.25) is 9.59 Å². The first-order chi connectivity index (χ1) is 12.7. The van der Waals surface area contributed by atoms with Crippen molar-refractivity contribution >= 4 is 23.6 Å². The molecule has 148 valence electrons. The molecule has 1 N–H and O–H groups in total. The fourth-order valence-corrected chi connectivity index (χ4v) is 5.42. The largest absolute Gasteiger partial charge is 0.493 e. The minimum Gasteiger partial charge on any atom is -0.493 e. The Kier molecular flexibility index (Phi) is 5.34. The number of carbonyl (C=O) groups is 2. The van der Waals surface area contributed by atoms with E-state index in [0.29, 0.717) is 29.5 Å². The Labute approximate surface area is 165 Å².